The number of carboxylic acids is 1. The number of benzene rings is 1. The number of hydrogen-bond acceptors (Lipinski definition) is 2. The fourth-order valence-electron chi connectivity index (χ4n) is 2.14. The third-order valence-electron chi connectivity index (χ3n) is 3.44. The van der Waals surface area contributed by atoms with Crippen LogP contribution in [0.25, 0.3) is 0 Å². The van der Waals surface area contributed by atoms with Gasteiger partial charge in [-0.25, -0.2) is 13.6 Å². The molecule has 102 valence electrons. The van der Waals surface area contributed by atoms with Gasteiger partial charge in [-0.2, -0.15) is 0 Å². The van der Waals surface area contributed by atoms with Crippen molar-refractivity contribution < 1.29 is 23.5 Å². The molecule has 0 radical (unpaired) electrons. The standard InChI is InChI=1S/C13H13F2NO3/c1-13(12(18)19,16(7-17)9-3-4-9)10-6-8(14)2-5-11(10)15/h2,5-7,9H,3-4H2,1H3,(H,18,19). The number of hydrogen-bond donors (Lipinski definition) is 1. The van der Waals surface area contributed by atoms with Gasteiger partial charge in [-0.3, -0.25) is 4.79 Å². The van der Waals surface area contributed by atoms with E-state index in [1.165, 1.54) is 6.92 Å². The average Bonchev–Trinajstić information content (AvgIpc) is 3.17. The first-order valence-corrected chi connectivity index (χ1v) is 5.84. The summed E-state index contributed by atoms with van der Waals surface area (Å²) in [5.74, 6) is -2.99. The first kappa shape index (κ1) is 13.5. The van der Waals surface area contributed by atoms with Gasteiger partial charge in [0.2, 0.25) is 6.41 Å². The van der Waals surface area contributed by atoms with E-state index in [1.807, 2.05) is 0 Å². The highest BCUT2D eigenvalue weighted by atomic mass is 19.1. The van der Waals surface area contributed by atoms with E-state index in [1.54, 1.807) is 0 Å². The largest absolute Gasteiger partial charge is 0.479 e. The molecule has 0 heterocycles. The van der Waals surface area contributed by atoms with Crippen LogP contribution in [-0.2, 0) is 15.1 Å². The molecule has 1 fully saturated rings. The molecule has 0 spiro atoms. The summed E-state index contributed by atoms with van der Waals surface area (Å²) in [6.07, 6.45) is 1.72. The number of aliphatic carboxylic acids is 1. The van der Waals surface area contributed by atoms with Gasteiger partial charge >= 0.3 is 5.97 Å². The molecule has 1 N–H and O–H groups in total. The lowest BCUT2D eigenvalue weighted by atomic mass is 9.89. The fraction of sp³-hybridized carbons (Fsp3) is 0.385. The molecule has 1 amide bonds. The zero-order valence-corrected chi connectivity index (χ0v) is 10.3. The minimum absolute atomic E-state index is 0.235. The topological polar surface area (TPSA) is 57.6 Å². The SMILES string of the molecule is CC(C(=O)O)(c1cc(F)ccc1F)N(C=O)C1CC1. The molecule has 19 heavy (non-hydrogen) atoms. The van der Waals surface area contributed by atoms with Gasteiger partial charge in [0.05, 0.1) is 0 Å². The number of halogens is 2. The lowest BCUT2D eigenvalue weighted by molar-refractivity contribution is -0.155. The van der Waals surface area contributed by atoms with Gasteiger partial charge in [0.15, 0.2) is 5.54 Å². The van der Waals surface area contributed by atoms with Gasteiger partial charge < -0.3 is 10.0 Å². The van der Waals surface area contributed by atoms with Crippen molar-refractivity contribution in [2.45, 2.75) is 31.3 Å². The van der Waals surface area contributed by atoms with E-state index >= 15 is 0 Å². The normalized spacial score (nSPS) is 17.6. The first-order chi connectivity index (χ1) is 8.91. The van der Waals surface area contributed by atoms with Crippen molar-refractivity contribution in [2.75, 3.05) is 0 Å². The van der Waals surface area contributed by atoms with Crippen LogP contribution in [0.4, 0.5) is 8.78 Å². The van der Waals surface area contributed by atoms with Gasteiger partial charge in [-0.05, 0) is 38.0 Å². The summed E-state index contributed by atoms with van der Waals surface area (Å²) in [6, 6.07) is 2.36. The molecular formula is C13H13F2NO3. The third-order valence-corrected chi connectivity index (χ3v) is 3.44. The van der Waals surface area contributed by atoms with Crippen LogP contribution in [-0.4, -0.2) is 28.4 Å². The minimum atomic E-state index is -1.91. The van der Waals surface area contributed by atoms with Crippen molar-refractivity contribution in [1.82, 2.24) is 4.90 Å². The minimum Gasteiger partial charge on any atom is -0.479 e. The second-order valence-electron chi connectivity index (χ2n) is 4.75. The summed E-state index contributed by atoms with van der Waals surface area (Å²) in [4.78, 5) is 23.7. The van der Waals surface area contributed by atoms with Gasteiger partial charge in [0, 0.05) is 11.6 Å². The van der Waals surface area contributed by atoms with Crippen LogP contribution in [0, 0.1) is 11.6 Å². The molecule has 1 aromatic carbocycles. The molecule has 1 aliphatic rings. The van der Waals surface area contributed by atoms with Crippen molar-refractivity contribution in [3.63, 3.8) is 0 Å². The zero-order valence-electron chi connectivity index (χ0n) is 10.3. The van der Waals surface area contributed by atoms with E-state index in [0.29, 0.717) is 19.3 Å². The highest BCUT2D eigenvalue weighted by Gasteiger charge is 2.48. The number of amides is 1. The Hall–Kier alpha value is -1.98. The molecule has 4 nitrogen and oxygen atoms in total. The predicted octanol–water partition coefficient (Wildman–Crippen LogP) is 1.89. The second kappa shape index (κ2) is 4.60. The van der Waals surface area contributed by atoms with Gasteiger partial charge in [0.25, 0.3) is 0 Å². The Morgan fingerprint density at radius 2 is 2.11 bits per heavy atom. The summed E-state index contributed by atoms with van der Waals surface area (Å²) in [6.45, 7) is 1.21. The highest BCUT2D eigenvalue weighted by Crippen LogP contribution is 2.38. The number of rotatable bonds is 5. The van der Waals surface area contributed by atoms with Crippen molar-refractivity contribution in [2.24, 2.45) is 0 Å². The maximum Gasteiger partial charge on any atom is 0.334 e. The third kappa shape index (κ3) is 2.18. The number of carbonyl (C=O) groups excluding carboxylic acids is 1. The summed E-state index contributed by atoms with van der Waals surface area (Å²) in [5, 5.41) is 9.39. The van der Waals surface area contributed by atoms with Gasteiger partial charge in [-0.1, -0.05) is 0 Å². The smallest absolute Gasteiger partial charge is 0.334 e. The molecule has 0 saturated heterocycles. The average molecular weight is 269 g/mol. The molecule has 1 saturated carbocycles. The summed E-state index contributed by atoms with van der Waals surface area (Å²) >= 11 is 0. The van der Waals surface area contributed by atoms with Crippen LogP contribution in [0.5, 0.6) is 0 Å². The van der Waals surface area contributed by atoms with E-state index in [0.717, 1.165) is 23.1 Å². The Labute approximate surface area is 108 Å². The van der Waals surface area contributed by atoms with Gasteiger partial charge in [0.1, 0.15) is 11.6 Å². The number of nitrogens with zero attached hydrogens (tertiary/aromatic N) is 1. The van der Waals surface area contributed by atoms with Crippen LogP contribution in [0.3, 0.4) is 0 Å². The van der Waals surface area contributed by atoms with Crippen LogP contribution in [0.2, 0.25) is 0 Å². The van der Waals surface area contributed by atoms with Crippen LogP contribution >= 0.6 is 0 Å². The van der Waals surface area contributed by atoms with E-state index < -0.39 is 23.1 Å². The lowest BCUT2D eigenvalue weighted by Gasteiger charge is -2.36. The molecule has 1 aromatic rings. The monoisotopic (exact) mass is 269 g/mol. The highest BCUT2D eigenvalue weighted by molar-refractivity contribution is 5.83. The maximum atomic E-state index is 13.8. The van der Waals surface area contributed by atoms with E-state index in [-0.39, 0.29) is 11.6 Å². The molecule has 1 unspecified atom stereocenters. The molecular weight excluding hydrogens is 256 g/mol. The van der Waals surface area contributed by atoms with E-state index in [4.69, 9.17) is 0 Å². The molecule has 1 aliphatic carbocycles. The molecule has 0 aromatic heterocycles. The molecule has 0 bridgehead atoms. The Bertz CT molecular complexity index is 531. The predicted molar refractivity (Wildman–Crippen MR) is 62.3 cm³/mol. The maximum absolute atomic E-state index is 13.8. The molecule has 2 rings (SSSR count). The van der Waals surface area contributed by atoms with Crippen LogP contribution in [0.1, 0.15) is 25.3 Å². The van der Waals surface area contributed by atoms with Crippen molar-refractivity contribution in [3.05, 3.63) is 35.4 Å². The van der Waals surface area contributed by atoms with Crippen molar-refractivity contribution in [1.29, 1.82) is 0 Å². The van der Waals surface area contributed by atoms with E-state index in [9.17, 15) is 23.5 Å². The number of carbonyl (C=O) groups is 2. The lowest BCUT2D eigenvalue weighted by Crippen LogP contribution is -2.51. The summed E-state index contributed by atoms with van der Waals surface area (Å²) in [7, 11) is 0. The quantitative estimate of drug-likeness (QED) is 0.830. The zero-order chi connectivity index (χ0) is 14.2. The number of carboxylic acid groups (broad SMARTS) is 1. The fourth-order valence-corrected chi connectivity index (χ4v) is 2.14. The Morgan fingerprint density at radius 1 is 1.47 bits per heavy atom. The summed E-state index contributed by atoms with van der Waals surface area (Å²) < 4.78 is 27.1. The Kier molecular flexibility index (Phi) is 3.26. The van der Waals surface area contributed by atoms with Crippen molar-refractivity contribution >= 4 is 12.4 Å². The van der Waals surface area contributed by atoms with Crippen molar-refractivity contribution in [3.8, 4) is 0 Å². The van der Waals surface area contributed by atoms with Crippen LogP contribution < -0.4 is 0 Å². The first-order valence-electron chi connectivity index (χ1n) is 5.84. The molecule has 0 aliphatic heterocycles. The Balaban J connectivity index is 2.57. The second-order valence-corrected chi connectivity index (χ2v) is 4.75. The van der Waals surface area contributed by atoms with E-state index in [2.05, 4.69) is 0 Å². The molecule has 6 heteroatoms. The van der Waals surface area contributed by atoms with Gasteiger partial charge in [-0.15, -0.1) is 0 Å². The summed E-state index contributed by atoms with van der Waals surface area (Å²) in [5.41, 5.74) is -2.26. The Morgan fingerprint density at radius 3 is 2.58 bits per heavy atom. The molecule has 1 atom stereocenters. The van der Waals surface area contributed by atoms with Crippen LogP contribution in [0.15, 0.2) is 18.2 Å².